The van der Waals surface area contributed by atoms with Crippen molar-refractivity contribution < 1.29 is 4.42 Å². The molecule has 0 aliphatic rings. The first kappa shape index (κ1) is 10.1. The van der Waals surface area contributed by atoms with Gasteiger partial charge in [-0.3, -0.25) is 4.98 Å². The molecule has 0 saturated carbocycles. The van der Waals surface area contributed by atoms with Crippen LogP contribution in [0.5, 0.6) is 0 Å². The van der Waals surface area contributed by atoms with Gasteiger partial charge in [-0.1, -0.05) is 18.2 Å². The summed E-state index contributed by atoms with van der Waals surface area (Å²) in [6, 6.07) is 12.0. The predicted octanol–water partition coefficient (Wildman–Crippen LogP) is 2.95. The van der Waals surface area contributed by atoms with Gasteiger partial charge in [-0.25, -0.2) is 0 Å². The zero-order valence-electron chi connectivity index (χ0n) is 9.26. The van der Waals surface area contributed by atoms with Gasteiger partial charge < -0.3 is 10.2 Å². The number of hydrogen-bond acceptors (Lipinski definition) is 3. The van der Waals surface area contributed by atoms with Crippen molar-refractivity contribution in [2.24, 2.45) is 5.73 Å². The summed E-state index contributed by atoms with van der Waals surface area (Å²) in [4.78, 5) is 4.35. The Morgan fingerprint density at radius 3 is 2.88 bits per heavy atom. The average molecular weight is 224 g/mol. The lowest BCUT2D eigenvalue weighted by atomic mass is 10.0. The van der Waals surface area contributed by atoms with E-state index in [9.17, 15) is 0 Å². The molecule has 3 heteroatoms. The third-order valence-corrected chi connectivity index (χ3v) is 2.87. The minimum absolute atomic E-state index is 0.402. The van der Waals surface area contributed by atoms with Crippen LogP contribution >= 0.6 is 0 Å². The zero-order valence-corrected chi connectivity index (χ0v) is 9.26. The highest BCUT2D eigenvalue weighted by atomic mass is 16.3. The Balaban J connectivity index is 2.31. The van der Waals surface area contributed by atoms with Gasteiger partial charge in [0.05, 0.1) is 18.3 Å². The fraction of sp³-hybridized carbons (Fsp3) is 0.0714. The molecule has 0 aliphatic carbocycles. The van der Waals surface area contributed by atoms with Gasteiger partial charge in [0, 0.05) is 17.1 Å². The normalized spacial score (nSPS) is 10.9. The number of aromatic nitrogens is 1. The van der Waals surface area contributed by atoms with Crippen molar-refractivity contribution in [1.82, 2.24) is 4.98 Å². The van der Waals surface area contributed by atoms with Gasteiger partial charge in [0.1, 0.15) is 5.76 Å². The molecule has 0 aliphatic heterocycles. The maximum Gasteiger partial charge on any atom is 0.125 e. The second-order valence-corrected chi connectivity index (χ2v) is 3.84. The summed E-state index contributed by atoms with van der Waals surface area (Å²) in [5.41, 5.74) is 8.81. The Hall–Kier alpha value is -2.13. The van der Waals surface area contributed by atoms with E-state index in [2.05, 4.69) is 17.1 Å². The molecule has 0 bridgehead atoms. The molecule has 3 rings (SSSR count). The third kappa shape index (κ3) is 1.61. The van der Waals surface area contributed by atoms with Crippen LogP contribution < -0.4 is 5.73 Å². The van der Waals surface area contributed by atoms with E-state index in [0.717, 1.165) is 27.8 Å². The molecule has 0 saturated heterocycles. The summed E-state index contributed by atoms with van der Waals surface area (Å²) < 4.78 is 5.37. The molecule has 2 aromatic heterocycles. The highest BCUT2D eigenvalue weighted by Gasteiger charge is 2.10. The highest BCUT2D eigenvalue weighted by Crippen LogP contribution is 2.30. The first-order valence-electron chi connectivity index (χ1n) is 5.50. The Morgan fingerprint density at radius 1 is 1.06 bits per heavy atom. The van der Waals surface area contributed by atoms with Crippen molar-refractivity contribution in [1.29, 1.82) is 0 Å². The molecule has 84 valence electrons. The van der Waals surface area contributed by atoms with E-state index < -0.39 is 0 Å². The summed E-state index contributed by atoms with van der Waals surface area (Å²) in [5, 5.41) is 1.12. The predicted molar refractivity (Wildman–Crippen MR) is 67.3 cm³/mol. The molecule has 0 fully saturated rings. The van der Waals surface area contributed by atoms with Crippen molar-refractivity contribution in [2.75, 3.05) is 0 Å². The molecule has 2 heterocycles. The van der Waals surface area contributed by atoms with Crippen LogP contribution in [0.25, 0.3) is 22.0 Å². The van der Waals surface area contributed by atoms with Crippen LogP contribution in [0.4, 0.5) is 0 Å². The molecule has 17 heavy (non-hydrogen) atoms. The molecule has 0 radical (unpaired) electrons. The van der Waals surface area contributed by atoms with E-state index in [0.29, 0.717) is 6.54 Å². The summed E-state index contributed by atoms with van der Waals surface area (Å²) >= 11 is 0. The smallest absolute Gasteiger partial charge is 0.125 e. The molecule has 0 atom stereocenters. The summed E-state index contributed by atoms with van der Waals surface area (Å²) in [7, 11) is 0. The van der Waals surface area contributed by atoms with Crippen molar-refractivity contribution in [2.45, 2.75) is 6.54 Å². The van der Waals surface area contributed by atoms with E-state index in [1.807, 2.05) is 24.3 Å². The maximum atomic E-state index is 5.67. The third-order valence-electron chi connectivity index (χ3n) is 2.87. The summed E-state index contributed by atoms with van der Waals surface area (Å²) in [5.74, 6) is 0.807. The quantitative estimate of drug-likeness (QED) is 0.728. The number of fused-ring (bicyclic) bond motifs is 1. The lowest BCUT2D eigenvalue weighted by molar-refractivity contribution is 0.513. The largest absolute Gasteiger partial charge is 0.467 e. The molecule has 2 N–H and O–H groups in total. The molecule has 0 amide bonds. The van der Waals surface area contributed by atoms with Crippen LogP contribution in [0.3, 0.4) is 0 Å². The number of benzene rings is 1. The minimum Gasteiger partial charge on any atom is -0.467 e. The van der Waals surface area contributed by atoms with Gasteiger partial charge in [-0.05, 0) is 23.8 Å². The number of hydrogen-bond donors (Lipinski definition) is 1. The van der Waals surface area contributed by atoms with Crippen molar-refractivity contribution >= 4 is 10.9 Å². The van der Waals surface area contributed by atoms with E-state index in [1.54, 1.807) is 12.5 Å². The van der Waals surface area contributed by atoms with E-state index >= 15 is 0 Å². The monoisotopic (exact) mass is 224 g/mol. The Morgan fingerprint density at radius 2 is 2.00 bits per heavy atom. The number of rotatable bonds is 2. The summed E-state index contributed by atoms with van der Waals surface area (Å²) in [6.45, 7) is 0.402. The maximum absolute atomic E-state index is 5.67. The van der Waals surface area contributed by atoms with Crippen molar-refractivity contribution in [3.63, 3.8) is 0 Å². The lowest BCUT2D eigenvalue weighted by Crippen LogP contribution is -1.96. The number of furan rings is 1. The number of nitrogens with two attached hydrogens (primary N) is 1. The van der Waals surface area contributed by atoms with Crippen LogP contribution in [-0.4, -0.2) is 4.98 Å². The molecule has 0 spiro atoms. The summed E-state index contributed by atoms with van der Waals surface area (Å²) in [6.07, 6.45) is 3.47. The van der Waals surface area contributed by atoms with Crippen LogP contribution in [0.15, 0.2) is 53.3 Å². The number of nitrogens with zero attached hydrogens (tertiary/aromatic N) is 1. The van der Waals surface area contributed by atoms with Crippen molar-refractivity contribution in [3.8, 4) is 11.1 Å². The van der Waals surface area contributed by atoms with Crippen LogP contribution in [0.1, 0.15) is 5.76 Å². The standard InChI is InChI=1S/C14H12N2O/c15-9-14-12(6-8-17-14)10-3-1-5-13-11(10)4-2-7-16-13/h1-8H,9,15H2. The van der Waals surface area contributed by atoms with Gasteiger partial charge in [-0.2, -0.15) is 0 Å². The zero-order chi connectivity index (χ0) is 11.7. The minimum atomic E-state index is 0.402. The molecule has 1 aromatic carbocycles. The first-order chi connectivity index (χ1) is 8.40. The van der Waals surface area contributed by atoms with Crippen LogP contribution in [0.2, 0.25) is 0 Å². The molecular weight excluding hydrogens is 212 g/mol. The second-order valence-electron chi connectivity index (χ2n) is 3.84. The Kier molecular flexibility index (Phi) is 2.38. The van der Waals surface area contributed by atoms with Crippen LogP contribution in [0, 0.1) is 0 Å². The van der Waals surface area contributed by atoms with E-state index in [1.165, 1.54) is 0 Å². The van der Waals surface area contributed by atoms with E-state index in [-0.39, 0.29) is 0 Å². The fourth-order valence-corrected chi connectivity index (χ4v) is 2.08. The second kappa shape index (κ2) is 4.03. The molecular formula is C14H12N2O. The van der Waals surface area contributed by atoms with Gasteiger partial charge >= 0.3 is 0 Å². The van der Waals surface area contributed by atoms with Crippen molar-refractivity contribution in [3.05, 3.63) is 54.6 Å². The van der Waals surface area contributed by atoms with Gasteiger partial charge in [0.15, 0.2) is 0 Å². The highest BCUT2D eigenvalue weighted by molar-refractivity contribution is 5.94. The topological polar surface area (TPSA) is 52.0 Å². The SMILES string of the molecule is NCc1occc1-c1cccc2ncccc12. The van der Waals surface area contributed by atoms with Crippen LogP contribution in [-0.2, 0) is 6.54 Å². The average Bonchev–Trinajstić information content (AvgIpc) is 2.86. The fourth-order valence-electron chi connectivity index (χ4n) is 2.08. The lowest BCUT2D eigenvalue weighted by Gasteiger charge is -2.05. The number of pyridine rings is 1. The molecule has 3 aromatic rings. The Labute approximate surface area is 98.9 Å². The van der Waals surface area contributed by atoms with Gasteiger partial charge in [-0.15, -0.1) is 0 Å². The van der Waals surface area contributed by atoms with Gasteiger partial charge in [0.25, 0.3) is 0 Å². The Bertz CT molecular complexity index is 653. The molecule has 3 nitrogen and oxygen atoms in total. The van der Waals surface area contributed by atoms with Gasteiger partial charge in [0.2, 0.25) is 0 Å². The van der Waals surface area contributed by atoms with E-state index in [4.69, 9.17) is 10.2 Å². The molecule has 0 unspecified atom stereocenters. The first-order valence-corrected chi connectivity index (χ1v) is 5.50.